The third kappa shape index (κ3) is 4.74. The molecule has 0 radical (unpaired) electrons. The average Bonchev–Trinajstić information content (AvgIpc) is 2.99. The Kier molecular flexibility index (Phi) is 5.18. The smallest absolute Gasteiger partial charge is 0.249 e. The third-order valence-corrected chi connectivity index (χ3v) is 5.03. The molecule has 0 aromatic heterocycles. The molecular formula is C12H22N2O4S. The fourth-order valence-corrected chi connectivity index (χ4v) is 3.80. The van der Waals surface area contributed by atoms with Gasteiger partial charge in [0.25, 0.3) is 0 Å². The molecule has 0 spiro atoms. The monoisotopic (exact) mass is 290 g/mol. The molecule has 6 nitrogen and oxygen atoms in total. The molecule has 1 unspecified atom stereocenters. The van der Waals surface area contributed by atoms with Crippen molar-refractivity contribution in [1.82, 2.24) is 10.0 Å². The van der Waals surface area contributed by atoms with E-state index in [-0.39, 0.29) is 24.2 Å². The van der Waals surface area contributed by atoms with E-state index in [1.807, 2.05) is 0 Å². The van der Waals surface area contributed by atoms with Crippen molar-refractivity contribution in [3.8, 4) is 0 Å². The topological polar surface area (TPSA) is 84.5 Å². The van der Waals surface area contributed by atoms with Crippen LogP contribution in [0.5, 0.6) is 0 Å². The first-order valence-electron chi connectivity index (χ1n) is 6.96. The molecule has 1 amide bonds. The largest absolute Gasteiger partial charge is 0.368 e. The van der Waals surface area contributed by atoms with Crippen LogP contribution in [0.1, 0.15) is 38.5 Å². The summed E-state index contributed by atoms with van der Waals surface area (Å²) < 4.78 is 31.5. The minimum absolute atomic E-state index is 0.0675. The van der Waals surface area contributed by atoms with Gasteiger partial charge >= 0.3 is 0 Å². The van der Waals surface area contributed by atoms with Crippen LogP contribution >= 0.6 is 0 Å². The summed E-state index contributed by atoms with van der Waals surface area (Å²) in [4.78, 5) is 11.6. The first kappa shape index (κ1) is 14.7. The molecule has 2 fully saturated rings. The Labute approximate surface area is 114 Å². The highest BCUT2D eigenvalue weighted by atomic mass is 32.2. The Morgan fingerprint density at radius 2 is 1.89 bits per heavy atom. The first-order valence-corrected chi connectivity index (χ1v) is 8.61. The zero-order valence-electron chi connectivity index (χ0n) is 11.1. The van der Waals surface area contributed by atoms with E-state index in [0.29, 0.717) is 6.61 Å². The second-order valence-electron chi connectivity index (χ2n) is 5.21. The van der Waals surface area contributed by atoms with Crippen LogP contribution in [0.25, 0.3) is 0 Å². The second-order valence-corrected chi connectivity index (χ2v) is 7.08. The molecule has 1 heterocycles. The van der Waals surface area contributed by atoms with Gasteiger partial charge in [0.2, 0.25) is 15.9 Å². The van der Waals surface area contributed by atoms with Crippen molar-refractivity contribution >= 4 is 15.9 Å². The Morgan fingerprint density at radius 3 is 2.53 bits per heavy atom. The molecule has 1 aliphatic heterocycles. The van der Waals surface area contributed by atoms with Crippen LogP contribution in [0.2, 0.25) is 0 Å². The lowest BCUT2D eigenvalue weighted by Crippen LogP contribution is -2.41. The average molecular weight is 290 g/mol. The summed E-state index contributed by atoms with van der Waals surface area (Å²) in [6.45, 7) is 0.750. The van der Waals surface area contributed by atoms with E-state index in [1.165, 1.54) is 0 Å². The van der Waals surface area contributed by atoms with E-state index in [4.69, 9.17) is 4.74 Å². The maximum absolute atomic E-state index is 11.8. The molecule has 0 aromatic carbocycles. The molecule has 0 bridgehead atoms. The third-order valence-electron chi connectivity index (χ3n) is 3.59. The zero-order valence-corrected chi connectivity index (χ0v) is 11.9. The van der Waals surface area contributed by atoms with E-state index in [9.17, 15) is 13.2 Å². The Bertz CT molecular complexity index is 398. The number of nitrogens with one attached hydrogen (secondary N) is 2. The Morgan fingerprint density at radius 1 is 1.16 bits per heavy atom. The Hall–Kier alpha value is -0.660. The highest BCUT2D eigenvalue weighted by molar-refractivity contribution is 7.89. The summed E-state index contributed by atoms with van der Waals surface area (Å²) in [6.07, 6.45) is 5.22. The summed E-state index contributed by atoms with van der Waals surface area (Å²) in [6, 6.07) is 0.0823. The number of hydrogen-bond acceptors (Lipinski definition) is 4. The molecule has 1 aliphatic carbocycles. The van der Waals surface area contributed by atoms with Gasteiger partial charge in [-0.1, -0.05) is 12.8 Å². The van der Waals surface area contributed by atoms with Gasteiger partial charge < -0.3 is 10.1 Å². The minimum Gasteiger partial charge on any atom is -0.368 e. The predicted molar refractivity (Wildman–Crippen MR) is 71.2 cm³/mol. The summed E-state index contributed by atoms with van der Waals surface area (Å²) in [5, 5.41) is 2.62. The number of hydrogen-bond donors (Lipinski definition) is 2. The van der Waals surface area contributed by atoms with Crippen molar-refractivity contribution in [1.29, 1.82) is 0 Å². The molecule has 1 atom stereocenters. The lowest BCUT2D eigenvalue weighted by molar-refractivity contribution is -0.129. The highest BCUT2D eigenvalue weighted by Crippen LogP contribution is 2.18. The summed E-state index contributed by atoms with van der Waals surface area (Å²) in [5.41, 5.74) is 0. The number of amides is 1. The van der Waals surface area contributed by atoms with E-state index in [0.717, 1.165) is 38.5 Å². The molecule has 1 saturated carbocycles. The summed E-state index contributed by atoms with van der Waals surface area (Å²) in [7, 11) is -3.29. The van der Waals surface area contributed by atoms with Gasteiger partial charge in [-0.15, -0.1) is 0 Å². The first-order chi connectivity index (χ1) is 9.07. The fourth-order valence-electron chi connectivity index (χ4n) is 2.56. The standard InChI is InChI=1S/C12H22N2O4S/c15-12(11-6-3-8-18-11)13-7-9-19(16,17)14-10-4-1-2-5-10/h10-11,14H,1-9H2,(H,13,15). The second kappa shape index (κ2) is 6.67. The molecule has 110 valence electrons. The van der Waals surface area contributed by atoms with Crippen LogP contribution < -0.4 is 10.0 Å². The molecule has 1 saturated heterocycles. The quantitative estimate of drug-likeness (QED) is 0.729. The highest BCUT2D eigenvalue weighted by Gasteiger charge is 2.24. The zero-order chi connectivity index (χ0) is 13.7. The molecular weight excluding hydrogens is 268 g/mol. The number of rotatable bonds is 6. The van der Waals surface area contributed by atoms with Crippen molar-refractivity contribution in [3.63, 3.8) is 0 Å². The van der Waals surface area contributed by atoms with E-state index in [2.05, 4.69) is 10.0 Å². The van der Waals surface area contributed by atoms with Crippen molar-refractivity contribution < 1.29 is 17.9 Å². The summed E-state index contributed by atoms with van der Waals surface area (Å²) in [5.74, 6) is -0.268. The van der Waals surface area contributed by atoms with Crippen molar-refractivity contribution in [2.24, 2.45) is 0 Å². The van der Waals surface area contributed by atoms with Gasteiger partial charge in [0, 0.05) is 19.2 Å². The molecule has 2 rings (SSSR count). The molecule has 2 N–H and O–H groups in total. The van der Waals surface area contributed by atoms with Crippen LogP contribution in [0, 0.1) is 0 Å². The number of carbonyl (C=O) groups is 1. The predicted octanol–water partition coefficient (Wildman–Crippen LogP) is 0.144. The fraction of sp³-hybridized carbons (Fsp3) is 0.917. The molecule has 19 heavy (non-hydrogen) atoms. The van der Waals surface area contributed by atoms with Gasteiger partial charge in [-0.25, -0.2) is 13.1 Å². The van der Waals surface area contributed by atoms with Gasteiger partial charge in [-0.3, -0.25) is 4.79 Å². The van der Waals surface area contributed by atoms with Gasteiger partial charge in [-0.2, -0.15) is 0 Å². The van der Waals surface area contributed by atoms with Crippen LogP contribution in [-0.2, 0) is 19.6 Å². The van der Waals surface area contributed by atoms with Crippen LogP contribution in [0.3, 0.4) is 0 Å². The SMILES string of the molecule is O=C(NCCS(=O)(=O)NC1CCCC1)C1CCCO1. The molecule has 2 aliphatic rings. The van der Waals surface area contributed by atoms with Gasteiger partial charge in [0.1, 0.15) is 6.10 Å². The summed E-state index contributed by atoms with van der Waals surface area (Å²) >= 11 is 0. The normalized spacial score (nSPS) is 24.7. The van der Waals surface area contributed by atoms with Crippen molar-refractivity contribution in [2.75, 3.05) is 18.9 Å². The maximum Gasteiger partial charge on any atom is 0.249 e. The number of carbonyl (C=O) groups excluding carboxylic acids is 1. The van der Waals surface area contributed by atoms with Crippen LogP contribution in [-0.4, -0.2) is 45.4 Å². The minimum atomic E-state index is -3.29. The van der Waals surface area contributed by atoms with E-state index < -0.39 is 16.1 Å². The van der Waals surface area contributed by atoms with Crippen molar-refractivity contribution in [3.05, 3.63) is 0 Å². The van der Waals surface area contributed by atoms with Gasteiger partial charge in [0.05, 0.1) is 5.75 Å². The van der Waals surface area contributed by atoms with Crippen LogP contribution in [0.4, 0.5) is 0 Å². The number of sulfonamides is 1. The van der Waals surface area contributed by atoms with Crippen LogP contribution in [0.15, 0.2) is 0 Å². The van der Waals surface area contributed by atoms with E-state index >= 15 is 0 Å². The van der Waals surface area contributed by atoms with Gasteiger partial charge in [0.15, 0.2) is 0 Å². The van der Waals surface area contributed by atoms with Gasteiger partial charge in [-0.05, 0) is 25.7 Å². The van der Waals surface area contributed by atoms with E-state index in [1.54, 1.807) is 0 Å². The molecule has 7 heteroatoms. The Balaban J connectivity index is 1.67. The number of ether oxygens (including phenoxy) is 1. The lowest BCUT2D eigenvalue weighted by Gasteiger charge is -2.13. The van der Waals surface area contributed by atoms with Crippen molar-refractivity contribution in [2.45, 2.75) is 50.7 Å². The molecule has 0 aromatic rings. The maximum atomic E-state index is 11.8. The lowest BCUT2D eigenvalue weighted by atomic mass is 10.2.